The first-order valence-corrected chi connectivity index (χ1v) is 9.63. The van der Waals surface area contributed by atoms with Crippen LogP contribution in [0.5, 0.6) is 11.5 Å². The Bertz CT molecular complexity index is 1190. The van der Waals surface area contributed by atoms with Crippen LogP contribution in [0.1, 0.15) is 23.5 Å². The van der Waals surface area contributed by atoms with Gasteiger partial charge in [0.2, 0.25) is 0 Å². The van der Waals surface area contributed by atoms with E-state index in [9.17, 15) is 33.3 Å². The van der Waals surface area contributed by atoms with Gasteiger partial charge in [-0.25, -0.2) is 0 Å². The van der Waals surface area contributed by atoms with Crippen LogP contribution in [0.15, 0.2) is 45.6 Å². The lowest BCUT2D eigenvalue weighted by Crippen LogP contribution is -2.32. The molecule has 31 heavy (non-hydrogen) atoms. The van der Waals surface area contributed by atoms with Gasteiger partial charge >= 0.3 is 6.18 Å². The van der Waals surface area contributed by atoms with E-state index in [4.69, 9.17) is 4.42 Å². The van der Waals surface area contributed by atoms with Crippen molar-refractivity contribution in [3.05, 3.63) is 57.7 Å². The summed E-state index contributed by atoms with van der Waals surface area (Å²) in [5.74, 6) is -1.11. The fourth-order valence-electron chi connectivity index (χ4n) is 4.26. The lowest BCUT2D eigenvalue weighted by molar-refractivity contribution is -0.137. The van der Waals surface area contributed by atoms with Gasteiger partial charge in [-0.05, 0) is 32.1 Å². The number of phenols is 2. The van der Waals surface area contributed by atoms with Gasteiger partial charge in [0.15, 0.2) is 5.43 Å². The maximum absolute atomic E-state index is 12.9. The Morgan fingerprint density at radius 2 is 1.81 bits per heavy atom. The average molecular weight is 435 g/mol. The maximum Gasteiger partial charge on any atom is 0.416 e. The van der Waals surface area contributed by atoms with Crippen molar-refractivity contribution in [2.45, 2.75) is 24.6 Å². The molecule has 9 heteroatoms. The van der Waals surface area contributed by atoms with E-state index in [1.54, 1.807) is 0 Å². The van der Waals surface area contributed by atoms with Crippen LogP contribution in [0.2, 0.25) is 0 Å². The van der Waals surface area contributed by atoms with Crippen molar-refractivity contribution in [2.75, 3.05) is 20.2 Å². The Hall–Kier alpha value is -3.04. The molecule has 0 amide bonds. The van der Waals surface area contributed by atoms with Crippen molar-refractivity contribution in [1.82, 2.24) is 4.90 Å². The third-order valence-electron chi connectivity index (χ3n) is 5.88. The van der Waals surface area contributed by atoms with Gasteiger partial charge in [0.25, 0.3) is 0 Å². The summed E-state index contributed by atoms with van der Waals surface area (Å²) in [6.45, 7) is 0.451. The summed E-state index contributed by atoms with van der Waals surface area (Å²) in [7, 11) is 1.82. The van der Waals surface area contributed by atoms with Gasteiger partial charge < -0.3 is 24.6 Å². The summed E-state index contributed by atoms with van der Waals surface area (Å²) in [5, 5.41) is 30.5. The summed E-state index contributed by atoms with van der Waals surface area (Å²) in [6.07, 6.45) is -3.93. The van der Waals surface area contributed by atoms with E-state index in [0.29, 0.717) is 13.0 Å². The van der Waals surface area contributed by atoms with Gasteiger partial charge in [0.05, 0.1) is 12.2 Å². The Labute approximate surface area is 174 Å². The van der Waals surface area contributed by atoms with Crippen molar-refractivity contribution >= 4 is 11.0 Å². The number of phenolic OH excluding ortho intramolecular Hbond substituents is 2. The number of hydrogen-bond acceptors (Lipinski definition) is 6. The number of aromatic hydroxyl groups is 2. The van der Waals surface area contributed by atoms with E-state index in [1.165, 1.54) is 12.1 Å². The molecule has 164 valence electrons. The predicted octanol–water partition coefficient (Wildman–Crippen LogP) is 3.67. The molecular formula is C22H20F3NO5. The minimum absolute atomic E-state index is 0.00405. The number of likely N-dealkylation sites (N-methyl/N-ethyl adjacent to an activating group) is 1. The molecule has 0 bridgehead atoms. The molecule has 1 fully saturated rings. The second kappa shape index (κ2) is 7.58. The van der Waals surface area contributed by atoms with Crippen molar-refractivity contribution in [2.24, 2.45) is 0 Å². The van der Waals surface area contributed by atoms with Crippen LogP contribution in [-0.2, 0) is 6.18 Å². The van der Waals surface area contributed by atoms with Crippen molar-refractivity contribution in [3.63, 3.8) is 0 Å². The van der Waals surface area contributed by atoms with E-state index in [-0.39, 0.29) is 52.2 Å². The summed E-state index contributed by atoms with van der Waals surface area (Å²) < 4.78 is 44.5. The molecule has 2 atom stereocenters. The zero-order chi connectivity index (χ0) is 22.5. The van der Waals surface area contributed by atoms with E-state index in [2.05, 4.69) is 0 Å². The highest BCUT2D eigenvalue weighted by molar-refractivity contribution is 5.89. The molecule has 3 aromatic rings. The molecular weight excluding hydrogens is 415 g/mol. The lowest BCUT2D eigenvalue weighted by Gasteiger charge is -2.24. The first-order chi connectivity index (χ1) is 14.6. The minimum atomic E-state index is -4.50. The van der Waals surface area contributed by atoms with Gasteiger partial charge in [-0.1, -0.05) is 12.1 Å². The van der Waals surface area contributed by atoms with Gasteiger partial charge in [-0.2, -0.15) is 13.2 Å². The number of aliphatic hydroxyl groups is 1. The first-order valence-electron chi connectivity index (χ1n) is 9.63. The predicted molar refractivity (Wildman–Crippen MR) is 107 cm³/mol. The minimum Gasteiger partial charge on any atom is -0.507 e. The maximum atomic E-state index is 12.9. The largest absolute Gasteiger partial charge is 0.507 e. The van der Waals surface area contributed by atoms with Crippen molar-refractivity contribution < 1.29 is 32.9 Å². The number of benzene rings is 2. The molecule has 1 aliphatic rings. The van der Waals surface area contributed by atoms with Crippen molar-refractivity contribution in [1.29, 1.82) is 0 Å². The summed E-state index contributed by atoms with van der Waals surface area (Å²) in [5.41, 5.74) is -0.958. The van der Waals surface area contributed by atoms with Gasteiger partial charge in [0, 0.05) is 35.2 Å². The van der Waals surface area contributed by atoms with Crippen LogP contribution in [-0.4, -0.2) is 46.5 Å². The monoisotopic (exact) mass is 435 g/mol. The molecule has 3 N–H and O–H groups in total. The second-order valence-corrected chi connectivity index (χ2v) is 7.71. The highest BCUT2D eigenvalue weighted by Crippen LogP contribution is 2.44. The average Bonchev–Trinajstić information content (AvgIpc) is 3.06. The SMILES string of the molecule is CN1CC[C@@H](c2c(O)cc(O)c3c(=O)cc(-c4ccc(C(F)(F)F)cc4)oc23)[C@@H]1CO. The third kappa shape index (κ3) is 3.64. The molecule has 0 radical (unpaired) electrons. The highest BCUT2D eigenvalue weighted by Gasteiger charge is 2.36. The standard InChI is InChI=1S/C22H20F3NO5/c1-26-7-6-13(14(26)10-27)19-15(28)8-16(29)20-17(30)9-18(31-21(19)20)11-2-4-12(5-3-11)22(23,24)25/h2-5,8-9,13-14,27-29H,6-7,10H2,1H3/t13-,14+/m1/s1. The molecule has 0 saturated carbocycles. The van der Waals surface area contributed by atoms with Crippen LogP contribution in [0.4, 0.5) is 13.2 Å². The molecule has 4 rings (SSSR count). The third-order valence-corrected chi connectivity index (χ3v) is 5.88. The fourth-order valence-corrected chi connectivity index (χ4v) is 4.26. The van der Waals surface area contributed by atoms with E-state index < -0.39 is 22.9 Å². The number of likely N-dealkylation sites (tertiary alicyclic amines) is 1. The Kier molecular flexibility index (Phi) is 5.18. The molecule has 1 saturated heterocycles. The molecule has 0 spiro atoms. The quantitative estimate of drug-likeness (QED) is 0.581. The van der Waals surface area contributed by atoms with Crippen LogP contribution in [0.25, 0.3) is 22.3 Å². The Morgan fingerprint density at radius 3 is 2.42 bits per heavy atom. The number of halogens is 3. The molecule has 1 aromatic heterocycles. The normalized spacial score (nSPS) is 19.9. The molecule has 0 aliphatic carbocycles. The van der Waals surface area contributed by atoms with Crippen LogP contribution < -0.4 is 5.43 Å². The van der Waals surface area contributed by atoms with Crippen LogP contribution in [0, 0.1) is 0 Å². The lowest BCUT2D eigenvalue weighted by atomic mass is 9.89. The Morgan fingerprint density at radius 1 is 1.13 bits per heavy atom. The first kappa shape index (κ1) is 21.2. The number of rotatable bonds is 3. The smallest absolute Gasteiger partial charge is 0.416 e. The van der Waals surface area contributed by atoms with Gasteiger partial charge in [-0.3, -0.25) is 4.79 Å². The molecule has 0 unspecified atom stereocenters. The highest BCUT2D eigenvalue weighted by atomic mass is 19.4. The van der Waals surface area contributed by atoms with Crippen molar-refractivity contribution in [3.8, 4) is 22.8 Å². The summed E-state index contributed by atoms with van der Waals surface area (Å²) in [4.78, 5) is 14.7. The molecule has 2 aromatic carbocycles. The fraction of sp³-hybridized carbons (Fsp3) is 0.318. The molecule has 1 aliphatic heterocycles. The zero-order valence-electron chi connectivity index (χ0n) is 16.5. The van der Waals surface area contributed by atoms with Crippen LogP contribution >= 0.6 is 0 Å². The number of aliphatic hydroxyl groups excluding tert-OH is 1. The van der Waals surface area contributed by atoms with Gasteiger partial charge in [-0.15, -0.1) is 0 Å². The second-order valence-electron chi connectivity index (χ2n) is 7.71. The van der Waals surface area contributed by atoms with E-state index in [1.807, 2.05) is 11.9 Å². The number of nitrogens with zero attached hydrogens (tertiary/aromatic N) is 1. The number of hydrogen-bond donors (Lipinski definition) is 3. The number of alkyl halides is 3. The topological polar surface area (TPSA) is 94.1 Å². The zero-order valence-corrected chi connectivity index (χ0v) is 16.5. The van der Waals surface area contributed by atoms with Gasteiger partial charge in [0.1, 0.15) is 28.2 Å². The van der Waals surface area contributed by atoms with E-state index >= 15 is 0 Å². The molecule has 6 nitrogen and oxygen atoms in total. The summed E-state index contributed by atoms with van der Waals surface area (Å²) in [6, 6.07) is 5.97. The van der Waals surface area contributed by atoms with Crippen LogP contribution in [0.3, 0.4) is 0 Å². The summed E-state index contributed by atoms with van der Waals surface area (Å²) >= 11 is 0. The van der Waals surface area contributed by atoms with E-state index in [0.717, 1.165) is 24.3 Å². The Balaban J connectivity index is 1.92. The molecule has 2 heterocycles. The number of fused-ring (bicyclic) bond motifs is 1.